The van der Waals surface area contributed by atoms with Gasteiger partial charge in [0.2, 0.25) is 0 Å². The van der Waals surface area contributed by atoms with Crippen molar-refractivity contribution in [2.24, 2.45) is 0 Å². The normalized spacial score (nSPS) is 25.9. The van der Waals surface area contributed by atoms with E-state index in [9.17, 15) is 28.2 Å². The first-order valence-corrected chi connectivity index (χ1v) is 9.77. The average molecular weight is 439 g/mol. The van der Waals surface area contributed by atoms with Crippen LogP contribution in [0.25, 0.3) is 0 Å². The number of amides is 1. The molecule has 3 rings (SSSR count). The number of benzene rings is 2. The lowest BCUT2D eigenvalue weighted by Crippen LogP contribution is -2.60. The van der Waals surface area contributed by atoms with Crippen LogP contribution in [0.2, 0.25) is 0 Å². The van der Waals surface area contributed by atoms with Gasteiger partial charge in [-0.2, -0.15) is 0 Å². The van der Waals surface area contributed by atoms with Gasteiger partial charge in [0.15, 0.2) is 5.60 Å². The maximum Gasteiger partial charge on any atom is 0.252 e. The molecule has 1 aliphatic carbocycles. The van der Waals surface area contributed by atoms with E-state index >= 15 is 0 Å². The molecule has 0 bridgehead atoms. The Morgan fingerprint density at radius 3 is 2.32 bits per heavy atom. The van der Waals surface area contributed by atoms with Gasteiger partial charge in [-0.05, 0) is 29.8 Å². The molecule has 6 nitrogen and oxygen atoms in total. The number of carbonyl (C=O) groups is 1. The summed E-state index contributed by atoms with van der Waals surface area (Å²) in [6.07, 6.45) is -4.28. The molecule has 168 valence electrons. The standard InChI is InChI=1S/C22H24F3NO5/c1-26-21(29)22(31-11-13-5-7-14(23)8-6-13)9-18(27)20(28)19(10-22)30-12-15-16(24)3-2-4-17(15)25/h2-8,18-20,27-28H,9-12H2,1H3,(H,26,29)/t18-,19?,20-,22+/m1/s1. The lowest BCUT2D eigenvalue weighted by Gasteiger charge is -2.43. The summed E-state index contributed by atoms with van der Waals surface area (Å²) in [7, 11) is 1.40. The number of rotatable bonds is 7. The van der Waals surface area contributed by atoms with Gasteiger partial charge >= 0.3 is 0 Å². The van der Waals surface area contributed by atoms with Crippen LogP contribution in [0.1, 0.15) is 24.0 Å². The molecule has 2 aromatic rings. The predicted molar refractivity (Wildman–Crippen MR) is 104 cm³/mol. The van der Waals surface area contributed by atoms with Crippen LogP contribution in [0, 0.1) is 17.5 Å². The summed E-state index contributed by atoms with van der Waals surface area (Å²) >= 11 is 0. The molecule has 1 unspecified atom stereocenters. The van der Waals surface area contributed by atoms with E-state index in [1.807, 2.05) is 0 Å². The molecular formula is C22H24F3NO5. The molecule has 0 aromatic heterocycles. The van der Waals surface area contributed by atoms with E-state index in [-0.39, 0.29) is 25.0 Å². The van der Waals surface area contributed by atoms with Gasteiger partial charge in [0, 0.05) is 25.5 Å². The van der Waals surface area contributed by atoms with Gasteiger partial charge in [-0.25, -0.2) is 13.2 Å². The topological polar surface area (TPSA) is 88.0 Å². The van der Waals surface area contributed by atoms with Gasteiger partial charge in [0.25, 0.3) is 5.91 Å². The maximum absolute atomic E-state index is 13.9. The molecule has 9 heteroatoms. The van der Waals surface area contributed by atoms with Crippen molar-refractivity contribution < 1.29 is 37.7 Å². The first kappa shape index (κ1) is 23.2. The molecule has 0 radical (unpaired) electrons. The van der Waals surface area contributed by atoms with E-state index in [4.69, 9.17) is 9.47 Å². The van der Waals surface area contributed by atoms with Crippen molar-refractivity contribution >= 4 is 5.91 Å². The van der Waals surface area contributed by atoms with E-state index in [2.05, 4.69) is 5.32 Å². The Hall–Kier alpha value is -2.46. The Bertz CT molecular complexity index is 890. The van der Waals surface area contributed by atoms with E-state index in [1.165, 1.54) is 37.4 Å². The number of halogens is 3. The number of hydrogen-bond donors (Lipinski definition) is 3. The molecule has 0 spiro atoms. The van der Waals surface area contributed by atoms with E-state index in [0.717, 1.165) is 12.1 Å². The number of ether oxygens (including phenoxy) is 2. The fourth-order valence-electron chi connectivity index (χ4n) is 3.65. The molecule has 1 amide bonds. The van der Waals surface area contributed by atoms with Gasteiger partial charge in [-0.15, -0.1) is 0 Å². The van der Waals surface area contributed by atoms with Crippen LogP contribution >= 0.6 is 0 Å². The smallest absolute Gasteiger partial charge is 0.252 e. The zero-order valence-corrected chi connectivity index (χ0v) is 16.9. The maximum atomic E-state index is 13.9. The second-order valence-electron chi connectivity index (χ2n) is 7.50. The third-order valence-electron chi connectivity index (χ3n) is 5.42. The lowest BCUT2D eigenvalue weighted by atomic mass is 9.78. The Morgan fingerprint density at radius 2 is 1.71 bits per heavy atom. The molecule has 2 aromatic carbocycles. The van der Waals surface area contributed by atoms with Gasteiger partial charge < -0.3 is 25.0 Å². The SMILES string of the molecule is CNC(=O)[C@@]1(OCc2ccc(F)cc2)CC(OCc2c(F)cccc2F)[C@H](O)[C@H](O)C1. The van der Waals surface area contributed by atoms with Gasteiger partial charge in [-0.3, -0.25) is 4.79 Å². The van der Waals surface area contributed by atoms with Crippen molar-refractivity contribution in [3.8, 4) is 0 Å². The number of nitrogens with one attached hydrogen (secondary N) is 1. The minimum absolute atomic E-state index is 0.0643. The second-order valence-corrected chi connectivity index (χ2v) is 7.50. The number of aliphatic hydroxyl groups is 2. The summed E-state index contributed by atoms with van der Waals surface area (Å²) in [5.41, 5.74) is -1.30. The summed E-state index contributed by atoms with van der Waals surface area (Å²) in [5, 5.41) is 23.2. The van der Waals surface area contributed by atoms with Crippen LogP contribution in [0.15, 0.2) is 42.5 Å². The number of likely N-dealkylation sites (N-methyl/N-ethyl adjacent to an activating group) is 1. The summed E-state index contributed by atoms with van der Waals surface area (Å²) in [6.45, 7) is -0.570. The van der Waals surface area contributed by atoms with Crippen molar-refractivity contribution in [3.63, 3.8) is 0 Å². The van der Waals surface area contributed by atoms with Crippen LogP contribution in [0.5, 0.6) is 0 Å². The van der Waals surface area contributed by atoms with E-state index in [1.54, 1.807) is 0 Å². The molecule has 1 saturated carbocycles. The van der Waals surface area contributed by atoms with E-state index in [0.29, 0.717) is 5.56 Å². The summed E-state index contributed by atoms with van der Waals surface area (Å²) in [4.78, 5) is 12.7. The molecule has 4 atom stereocenters. The molecule has 0 aliphatic heterocycles. The molecule has 1 fully saturated rings. The third-order valence-corrected chi connectivity index (χ3v) is 5.42. The first-order valence-electron chi connectivity index (χ1n) is 9.77. The fourth-order valence-corrected chi connectivity index (χ4v) is 3.65. The van der Waals surface area contributed by atoms with Gasteiger partial charge in [0.05, 0.1) is 25.4 Å². The molecule has 1 aliphatic rings. The Labute approximate surface area is 177 Å². The fraction of sp³-hybridized carbons (Fsp3) is 0.409. The van der Waals surface area contributed by atoms with Crippen LogP contribution in [-0.2, 0) is 27.5 Å². The van der Waals surface area contributed by atoms with Crippen LogP contribution in [0.4, 0.5) is 13.2 Å². The van der Waals surface area contributed by atoms with Crippen LogP contribution < -0.4 is 5.32 Å². The highest BCUT2D eigenvalue weighted by atomic mass is 19.1. The number of carbonyl (C=O) groups excluding carboxylic acids is 1. The number of hydrogen-bond acceptors (Lipinski definition) is 5. The zero-order chi connectivity index (χ0) is 22.6. The average Bonchev–Trinajstić information content (AvgIpc) is 2.75. The second kappa shape index (κ2) is 9.78. The Morgan fingerprint density at radius 1 is 1.06 bits per heavy atom. The molecule has 0 saturated heterocycles. The largest absolute Gasteiger partial charge is 0.390 e. The third kappa shape index (κ3) is 5.24. The van der Waals surface area contributed by atoms with Gasteiger partial charge in [0.1, 0.15) is 23.6 Å². The van der Waals surface area contributed by atoms with Crippen LogP contribution in [-0.4, -0.2) is 47.1 Å². The molecule has 0 heterocycles. The summed E-state index contributed by atoms with van der Waals surface area (Å²) < 4.78 is 52.3. The van der Waals surface area contributed by atoms with Crippen molar-refractivity contribution in [3.05, 3.63) is 71.0 Å². The lowest BCUT2D eigenvalue weighted by molar-refractivity contribution is -0.200. The van der Waals surface area contributed by atoms with Crippen molar-refractivity contribution in [1.29, 1.82) is 0 Å². The molecular weight excluding hydrogens is 415 g/mol. The summed E-state index contributed by atoms with van der Waals surface area (Å²) in [5.74, 6) is -2.59. The monoisotopic (exact) mass is 439 g/mol. The highest BCUT2D eigenvalue weighted by Crippen LogP contribution is 2.36. The Kier molecular flexibility index (Phi) is 7.32. The number of aliphatic hydroxyl groups excluding tert-OH is 2. The quantitative estimate of drug-likeness (QED) is 0.616. The minimum atomic E-state index is -1.57. The van der Waals surface area contributed by atoms with Crippen LogP contribution in [0.3, 0.4) is 0 Å². The molecule has 3 N–H and O–H groups in total. The van der Waals surface area contributed by atoms with Crippen molar-refractivity contribution in [1.82, 2.24) is 5.32 Å². The molecule has 31 heavy (non-hydrogen) atoms. The highest BCUT2D eigenvalue weighted by molar-refractivity contribution is 5.85. The Balaban J connectivity index is 1.78. The first-order chi connectivity index (χ1) is 14.8. The highest BCUT2D eigenvalue weighted by Gasteiger charge is 2.51. The summed E-state index contributed by atoms with van der Waals surface area (Å²) in [6, 6.07) is 8.86. The zero-order valence-electron chi connectivity index (χ0n) is 16.9. The minimum Gasteiger partial charge on any atom is -0.390 e. The van der Waals surface area contributed by atoms with Gasteiger partial charge in [-0.1, -0.05) is 18.2 Å². The van der Waals surface area contributed by atoms with Crippen molar-refractivity contribution in [2.75, 3.05) is 7.05 Å². The van der Waals surface area contributed by atoms with Crippen molar-refractivity contribution in [2.45, 2.75) is 50.0 Å². The predicted octanol–water partition coefficient (Wildman–Crippen LogP) is 2.21. The van der Waals surface area contributed by atoms with E-state index < -0.39 is 53.9 Å².